The van der Waals surface area contributed by atoms with Crippen molar-refractivity contribution in [1.29, 1.82) is 0 Å². The maximum absolute atomic E-state index is 5.37. The largest absolute Gasteiger partial charge is 0.454 e. The maximum atomic E-state index is 5.37. The summed E-state index contributed by atoms with van der Waals surface area (Å²) < 4.78 is 21.2. The van der Waals surface area contributed by atoms with E-state index in [9.17, 15) is 0 Å². The number of ether oxygens (including phenoxy) is 2. The highest BCUT2D eigenvalue weighted by molar-refractivity contribution is 5.62. The van der Waals surface area contributed by atoms with Crippen LogP contribution in [0.15, 0.2) is 51.5 Å². The average Bonchev–Trinajstić information content (AvgIpc) is 3.43. The predicted molar refractivity (Wildman–Crippen MR) is 93.1 cm³/mol. The molecule has 2 aromatic carbocycles. The second kappa shape index (κ2) is 6.24. The second-order valence-corrected chi connectivity index (χ2v) is 6.11. The van der Waals surface area contributed by atoms with E-state index in [1.54, 1.807) is 12.1 Å². The van der Waals surface area contributed by atoms with E-state index in [1.165, 1.54) is 5.56 Å². The predicted octanol–water partition coefficient (Wildman–Crippen LogP) is 3.41. The Morgan fingerprint density at radius 1 is 0.889 bits per heavy atom. The Labute approximate surface area is 153 Å². The number of aromatic nitrogens is 4. The maximum Gasteiger partial charge on any atom is 0.316 e. The quantitative estimate of drug-likeness (QED) is 0.545. The molecule has 0 amide bonds. The van der Waals surface area contributed by atoms with Crippen LogP contribution in [0.1, 0.15) is 17.0 Å². The van der Waals surface area contributed by atoms with Gasteiger partial charge in [0.15, 0.2) is 17.3 Å². The molecule has 0 radical (unpaired) electrons. The lowest BCUT2D eigenvalue weighted by atomic mass is 10.1. The van der Waals surface area contributed by atoms with E-state index < -0.39 is 0 Å². The first-order chi connectivity index (χ1) is 13.3. The molecule has 1 aliphatic heterocycles. The molecule has 1 aliphatic rings. The van der Waals surface area contributed by atoms with Gasteiger partial charge < -0.3 is 18.5 Å². The Kier molecular flexibility index (Phi) is 3.60. The number of hydrogen-bond donors (Lipinski definition) is 0. The van der Waals surface area contributed by atoms with Gasteiger partial charge in [0.25, 0.3) is 0 Å². The Bertz CT molecular complexity index is 1120. The molecule has 8 heteroatoms. The average molecular weight is 362 g/mol. The lowest BCUT2D eigenvalue weighted by molar-refractivity contribution is 0.174. The third-order valence-electron chi connectivity index (χ3n) is 4.32. The van der Waals surface area contributed by atoms with Gasteiger partial charge in [-0.1, -0.05) is 34.6 Å². The van der Waals surface area contributed by atoms with Crippen molar-refractivity contribution in [2.75, 3.05) is 6.79 Å². The Morgan fingerprint density at radius 2 is 1.70 bits per heavy atom. The van der Waals surface area contributed by atoms with Crippen molar-refractivity contribution in [1.82, 2.24) is 20.3 Å². The minimum absolute atomic E-state index is 0.172. The smallest absolute Gasteiger partial charge is 0.316 e. The molecule has 2 aromatic heterocycles. The van der Waals surface area contributed by atoms with Crippen LogP contribution in [0.5, 0.6) is 11.5 Å². The van der Waals surface area contributed by atoms with E-state index in [1.807, 2.05) is 37.3 Å². The first-order valence-electron chi connectivity index (χ1n) is 8.37. The number of benzene rings is 2. The highest BCUT2D eigenvalue weighted by atomic mass is 16.7. The van der Waals surface area contributed by atoms with Crippen LogP contribution in [0.4, 0.5) is 0 Å². The summed E-state index contributed by atoms with van der Waals surface area (Å²) in [6, 6.07) is 13.5. The van der Waals surface area contributed by atoms with Gasteiger partial charge in [-0.05, 0) is 36.2 Å². The molecule has 0 atom stereocenters. The van der Waals surface area contributed by atoms with Crippen molar-refractivity contribution in [3.05, 3.63) is 59.4 Å². The van der Waals surface area contributed by atoms with Crippen molar-refractivity contribution in [2.45, 2.75) is 13.3 Å². The van der Waals surface area contributed by atoms with Gasteiger partial charge in [0.1, 0.15) is 0 Å². The number of nitrogens with zero attached hydrogens (tertiary/aromatic N) is 4. The Morgan fingerprint density at radius 3 is 2.63 bits per heavy atom. The first kappa shape index (κ1) is 15.6. The highest BCUT2D eigenvalue weighted by Crippen LogP contribution is 2.35. The summed E-state index contributed by atoms with van der Waals surface area (Å²) in [7, 11) is 0. The third kappa shape index (κ3) is 2.91. The standard InChI is InChI=1S/C19H14N4O4/c1-11-4-2-3-5-12(11)9-16-20-18(26-22-16)19-21-17(23-27-19)13-6-7-14-15(8-13)25-10-24-14/h2-8H,9-10H2,1H3. The van der Waals surface area contributed by atoms with Crippen LogP contribution in [-0.2, 0) is 6.42 Å². The molecule has 0 N–H and O–H groups in total. The Hall–Kier alpha value is -3.68. The molecule has 4 aromatic rings. The lowest BCUT2D eigenvalue weighted by Gasteiger charge is -2.00. The fraction of sp³-hybridized carbons (Fsp3) is 0.158. The molecule has 0 saturated carbocycles. The Balaban J connectivity index is 1.39. The SMILES string of the molecule is Cc1ccccc1Cc1noc(-c2nc(-c3ccc4c(c3)OCO4)no2)n1. The van der Waals surface area contributed by atoms with Gasteiger partial charge in [-0.3, -0.25) is 0 Å². The van der Waals surface area contributed by atoms with Crippen LogP contribution in [0.2, 0.25) is 0 Å². The number of fused-ring (bicyclic) bond motifs is 1. The zero-order valence-corrected chi connectivity index (χ0v) is 14.4. The minimum atomic E-state index is 0.172. The van der Waals surface area contributed by atoms with Crippen molar-refractivity contribution >= 4 is 0 Å². The molecular weight excluding hydrogens is 348 g/mol. The molecule has 0 unspecified atom stereocenters. The second-order valence-electron chi connectivity index (χ2n) is 6.11. The van der Waals surface area contributed by atoms with Gasteiger partial charge in [-0.25, -0.2) is 0 Å². The molecule has 3 heterocycles. The van der Waals surface area contributed by atoms with Gasteiger partial charge in [-0.15, -0.1) is 0 Å². The fourth-order valence-corrected chi connectivity index (χ4v) is 2.85. The molecule has 134 valence electrons. The zero-order valence-electron chi connectivity index (χ0n) is 14.4. The van der Waals surface area contributed by atoms with E-state index >= 15 is 0 Å². The molecule has 0 bridgehead atoms. The van der Waals surface area contributed by atoms with Crippen LogP contribution in [0.25, 0.3) is 23.2 Å². The van der Waals surface area contributed by atoms with Crippen molar-refractivity contribution in [2.24, 2.45) is 0 Å². The molecule has 0 saturated heterocycles. The molecule has 5 rings (SSSR count). The van der Waals surface area contributed by atoms with E-state index in [4.69, 9.17) is 18.5 Å². The summed E-state index contributed by atoms with van der Waals surface area (Å²) in [5.74, 6) is 2.67. The van der Waals surface area contributed by atoms with Gasteiger partial charge in [0.2, 0.25) is 12.6 Å². The lowest BCUT2D eigenvalue weighted by Crippen LogP contribution is -1.93. The highest BCUT2D eigenvalue weighted by Gasteiger charge is 2.20. The molecule has 0 spiro atoms. The van der Waals surface area contributed by atoms with Crippen LogP contribution in [-0.4, -0.2) is 27.1 Å². The van der Waals surface area contributed by atoms with Crippen LogP contribution in [0, 0.1) is 6.92 Å². The summed E-state index contributed by atoms with van der Waals surface area (Å²) in [6.07, 6.45) is 0.569. The topological polar surface area (TPSA) is 96.3 Å². The molecule has 0 fully saturated rings. The van der Waals surface area contributed by atoms with E-state index in [0.29, 0.717) is 29.6 Å². The zero-order chi connectivity index (χ0) is 18.2. The fourth-order valence-electron chi connectivity index (χ4n) is 2.85. The van der Waals surface area contributed by atoms with Gasteiger partial charge in [-0.2, -0.15) is 9.97 Å². The van der Waals surface area contributed by atoms with Crippen molar-refractivity contribution in [3.8, 4) is 34.7 Å². The van der Waals surface area contributed by atoms with Crippen LogP contribution in [0.3, 0.4) is 0 Å². The van der Waals surface area contributed by atoms with E-state index in [0.717, 1.165) is 11.1 Å². The number of hydrogen-bond acceptors (Lipinski definition) is 8. The van der Waals surface area contributed by atoms with E-state index in [-0.39, 0.29) is 18.6 Å². The summed E-state index contributed by atoms with van der Waals surface area (Å²) in [5.41, 5.74) is 3.05. The van der Waals surface area contributed by atoms with Crippen molar-refractivity contribution in [3.63, 3.8) is 0 Å². The monoisotopic (exact) mass is 362 g/mol. The first-order valence-corrected chi connectivity index (χ1v) is 8.37. The molecular formula is C19H14N4O4. The van der Waals surface area contributed by atoms with Crippen LogP contribution >= 0.6 is 0 Å². The van der Waals surface area contributed by atoms with Crippen molar-refractivity contribution < 1.29 is 18.5 Å². The normalized spacial score (nSPS) is 12.5. The van der Waals surface area contributed by atoms with Gasteiger partial charge >= 0.3 is 11.8 Å². The summed E-state index contributed by atoms with van der Waals surface area (Å²) in [6.45, 7) is 2.26. The summed E-state index contributed by atoms with van der Waals surface area (Å²) in [5, 5.41) is 7.99. The number of rotatable bonds is 4. The molecule has 27 heavy (non-hydrogen) atoms. The summed E-state index contributed by atoms with van der Waals surface area (Å²) in [4.78, 5) is 8.71. The van der Waals surface area contributed by atoms with Gasteiger partial charge in [0, 0.05) is 12.0 Å². The minimum Gasteiger partial charge on any atom is -0.454 e. The van der Waals surface area contributed by atoms with Crippen LogP contribution < -0.4 is 9.47 Å². The molecule has 8 nitrogen and oxygen atoms in total. The third-order valence-corrected chi connectivity index (χ3v) is 4.32. The van der Waals surface area contributed by atoms with E-state index in [2.05, 4.69) is 20.3 Å². The molecule has 0 aliphatic carbocycles. The number of aryl methyl sites for hydroxylation is 1. The van der Waals surface area contributed by atoms with Gasteiger partial charge in [0.05, 0.1) is 0 Å². The summed E-state index contributed by atoms with van der Waals surface area (Å²) >= 11 is 0.